The second-order valence-corrected chi connectivity index (χ2v) is 7.20. The van der Waals surface area contributed by atoms with Gasteiger partial charge in [-0.05, 0) is 12.0 Å². The number of nitro benzene ring substituents is 1. The molecule has 0 radical (unpaired) electrons. The van der Waals surface area contributed by atoms with Gasteiger partial charge >= 0.3 is 0 Å². The number of rotatable bonds is 7. The standard InChI is InChI=1S/C21H25N3O4/c1-22(21(26)13-17-9-5-6-10-19(17)24(27)28)20(16-7-3-2-4-8-16)15-23-12-11-18(25)14-23/h2-10,18,20,25H,11-15H2,1H3/t18?,20-/m1/s1. The Hall–Kier alpha value is -2.77. The Bertz CT molecular complexity index is 827. The van der Waals surface area contributed by atoms with Crippen molar-refractivity contribution >= 4 is 11.6 Å². The molecule has 1 aliphatic rings. The summed E-state index contributed by atoms with van der Waals surface area (Å²) in [5, 5.41) is 21.1. The largest absolute Gasteiger partial charge is 0.392 e. The van der Waals surface area contributed by atoms with Crippen LogP contribution in [0.4, 0.5) is 5.69 Å². The molecule has 1 fully saturated rings. The predicted molar refractivity (Wildman–Crippen MR) is 106 cm³/mol. The molecule has 0 spiro atoms. The van der Waals surface area contributed by atoms with Crippen LogP contribution in [0.2, 0.25) is 0 Å². The van der Waals surface area contributed by atoms with Gasteiger partial charge in [-0.25, -0.2) is 0 Å². The van der Waals surface area contributed by atoms with Gasteiger partial charge in [0.25, 0.3) is 5.69 Å². The van der Waals surface area contributed by atoms with Crippen molar-refractivity contribution < 1.29 is 14.8 Å². The molecule has 2 atom stereocenters. The van der Waals surface area contributed by atoms with Crippen LogP contribution in [0.25, 0.3) is 0 Å². The molecule has 0 bridgehead atoms. The van der Waals surface area contributed by atoms with E-state index in [1.807, 2.05) is 30.3 Å². The third-order valence-electron chi connectivity index (χ3n) is 5.25. The van der Waals surface area contributed by atoms with Crippen molar-refractivity contribution in [3.63, 3.8) is 0 Å². The lowest BCUT2D eigenvalue weighted by molar-refractivity contribution is -0.385. The average molecular weight is 383 g/mol. The molecule has 7 nitrogen and oxygen atoms in total. The number of aliphatic hydroxyl groups excluding tert-OH is 1. The zero-order chi connectivity index (χ0) is 20.1. The van der Waals surface area contributed by atoms with Crippen LogP contribution in [-0.2, 0) is 11.2 Å². The first-order valence-electron chi connectivity index (χ1n) is 9.39. The Balaban J connectivity index is 1.79. The Morgan fingerprint density at radius 1 is 1.25 bits per heavy atom. The SMILES string of the molecule is CN(C(=O)Cc1ccccc1[N+](=O)[O-])[C@H](CN1CCC(O)C1)c1ccccc1. The van der Waals surface area contributed by atoms with Crippen molar-refractivity contribution in [3.05, 3.63) is 75.8 Å². The molecule has 3 rings (SSSR count). The van der Waals surface area contributed by atoms with Gasteiger partial charge < -0.3 is 10.0 Å². The molecule has 2 aromatic rings. The van der Waals surface area contributed by atoms with Crippen molar-refractivity contribution in [1.29, 1.82) is 0 Å². The molecule has 1 unspecified atom stereocenters. The molecular weight excluding hydrogens is 358 g/mol. The monoisotopic (exact) mass is 383 g/mol. The maximum Gasteiger partial charge on any atom is 0.273 e. The van der Waals surface area contributed by atoms with Gasteiger partial charge in [-0.2, -0.15) is 0 Å². The van der Waals surface area contributed by atoms with Gasteiger partial charge in [0.2, 0.25) is 5.91 Å². The van der Waals surface area contributed by atoms with E-state index in [9.17, 15) is 20.0 Å². The Morgan fingerprint density at radius 3 is 2.57 bits per heavy atom. The van der Waals surface area contributed by atoms with E-state index in [0.717, 1.165) is 18.5 Å². The van der Waals surface area contributed by atoms with Crippen molar-refractivity contribution in [2.75, 3.05) is 26.7 Å². The smallest absolute Gasteiger partial charge is 0.273 e. The maximum absolute atomic E-state index is 13.0. The molecule has 1 heterocycles. The highest BCUT2D eigenvalue weighted by Crippen LogP contribution is 2.25. The summed E-state index contributed by atoms with van der Waals surface area (Å²) >= 11 is 0. The molecule has 7 heteroatoms. The third kappa shape index (κ3) is 4.74. The fourth-order valence-electron chi connectivity index (χ4n) is 3.65. The van der Waals surface area contributed by atoms with E-state index in [2.05, 4.69) is 4.90 Å². The van der Waals surface area contributed by atoms with Crippen LogP contribution < -0.4 is 0 Å². The highest BCUT2D eigenvalue weighted by Gasteiger charge is 2.28. The fourth-order valence-corrected chi connectivity index (χ4v) is 3.65. The lowest BCUT2D eigenvalue weighted by Gasteiger charge is -2.32. The summed E-state index contributed by atoms with van der Waals surface area (Å²) < 4.78 is 0. The van der Waals surface area contributed by atoms with Crippen LogP contribution in [-0.4, -0.2) is 58.5 Å². The molecule has 0 saturated carbocycles. The van der Waals surface area contributed by atoms with Gasteiger partial charge in [-0.3, -0.25) is 19.8 Å². The number of hydrogen-bond acceptors (Lipinski definition) is 5. The zero-order valence-electron chi connectivity index (χ0n) is 15.9. The van der Waals surface area contributed by atoms with E-state index in [0.29, 0.717) is 18.7 Å². The normalized spacial score (nSPS) is 18.0. The fraction of sp³-hybridized carbons (Fsp3) is 0.381. The third-order valence-corrected chi connectivity index (χ3v) is 5.25. The highest BCUT2D eigenvalue weighted by atomic mass is 16.6. The second kappa shape index (κ2) is 8.95. The van der Waals surface area contributed by atoms with Crippen LogP contribution in [0.5, 0.6) is 0 Å². The lowest BCUT2D eigenvalue weighted by atomic mass is 10.0. The first-order chi connectivity index (χ1) is 13.5. The molecule has 1 N–H and O–H groups in total. The molecule has 0 aromatic heterocycles. The number of likely N-dealkylation sites (N-methyl/N-ethyl adjacent to an activating group) is 1. The van der Waals surface area contributed by atoms with E-state index in [-0.39, 0.29) is 30.2 Å². The van der Waals surface area contributed by atoms with Gasteiger partial charge in [0.1, 0.15) is 0 Å². The minimum atomic E-state index is -0.455. The van der Waals surface area contributed by atoms with Gasteiger partial charge in [-0.15, -0.1) is 0 Å². The van der Waals surface area contributed by atoms with Crippen LogP contribution in [0.1, 0.15) is 23.6 Å². The van der Waals surface area contributed by atoms with E-state index in [4.69, 9.17) is 0 Å². The number of nitrogens with zero attached hydrogens (tertiary/aromatic N) is 3. The van der Waals surface area contributed by atoms with Gasteiger partial charge in [0, 0.05) is 38.3 Å². The summed E-state index contributed by atoms with van der Waals surface area (Å²) in [6.07, 6.45) is 0.374. The first-order valence-corrected chi connectivity index (χ1v) is 9.39. The molecule has 148 valence electrons. The van der Waals surface area contributed by atoms with E-state index in [1.54, 1.807) is 30.1 Å². The Kier molecular flexibility index (Phi) is 6.38. The molecule has 1 aliphatic heterocycles. The summed E-state index contributed by atoms with van der Waals surface area (Å²) in [5.41, 5.74) is 1.37. The van der Waals surface area contributed by atoms with Crippen LogP contribution >= 0.6 is 0 Å². The van der Waals surface area contributed by atoms with Crippen molar-refractivity contribution in [3.8, 4) is 0 Å². The molecule has 1 amide bonds. The Labute approximate surface area is 164 Å². The molecule has 1 saturated heterocycles. The summed E-state index contributed by atoms with van der Waals surface area (Å²) in [7, 11) is 1.74. The quantitative estimate of drug-likeness (QED) is 0.586. The number of aliphatic hydroxyl groups is 1. The molecular formula is C21H25N3O4. The highest BCUT2D eigenvalue weighted by molar-refractivity contribution is 5.80. The molecule has 28 heavy (non-hydrogen) atoms. The van der Waals surface area contributed by atoms with Crippen LogP contribution in [0, 0.1) is 10.1 Å². The van der Waals surface area contributed by atoms with E-state index in [1.165, 1.54) is 6.07 Å². The van der Waals surface area contributed by atoms with Gasteiger partial charge in [0.05, 0.1) is 23.5 Å². The maximum atomic E-state index is 13.0. The molecule has 2 aromatic carbocycles. The average Bonchev–Trinajstić information content (AvgIpc) is 3.11. The first kappa shape index (κ1) is 20.0. The number of hydrogen-bond donors (Lipinski definition) is 1. The predicted octanol–water partition coefficient (Wildman–Crippen LogP) is 2.40. The number of β-amino-alcohol motifs (C(OH)–C–C–N with tert-alkyl or cyclic N) is 1. The second-order valence-electron chi connectivity index (χ2n) is 7.20. The summed E-state index contributed by atoms with van der Waals surface area (Å²) in [5.74, 6) is -0.178. The molecule has 0 aliphatic carbocycles. The number of likely N-dealkylation sites (tertiary alicyclic amines) is 1. The number of amides is 1. The van der Waals surface area contributed by atoms with Crippen LogP contribution in [0.15, 0.2) is 54.6 Å². The number of carbonyl (C=O) groups excluding carboxylic acids is 1. The van der Waals surface area contributed by atoms with Crippen molar-refractivity contribution in [2.24, 2.45) is 0 Å². The number of nitro groups is 1. The van der Waals surface area contributed by atoms with Crippen molar-refractivity contribution in [1.82, 2.24) is 9.80 Å². The zero-order valence-corrected chi connectivity index (χ0v) is 15.9. The summed E-state index contributed by atoms with van der Waals surface area (Å²) in [6.45, 7) is 1.99. The Morgan fingerprint density at radius 2 is 1.93 bits per heavy atom. The topological polar surface area (TPSA) is 86.9 Å². The number of carbonyl (C=O) groups is 1. The van der Waals surface area contributed by atoms with Crippen LogP contribution in [0.3, 0.4) is 0 Å². The van der Waals surface area contributed by atoms with Gasteiger partial charge in [0.15, 0.2) is 0 Å². The van der Waals surface area contributed by atoms with Gasteiger partial charge in [-0.1, -0.05) is 48.5 Å². The number of benzene rings is 2. The lowest BCUT2D eigenvalue weighted by Crippen LogP contribution is -2.39. The van der Waals surface area contributed by atoms with E-state index >= 15 is 0 Å². The summed E-state index contributed by atoms with van der Waals surface area (Å²) in [6, 6.07) is 15.9. The minimum absolute atomic E-state index is 0.0282. The number of para-hydroxylation sites is 1. The van der Waals surface area contributed by atoms with Crippen molar-refractivity contribution in [2.45, 2.75) is 25.0 Å². The van der Waals surface area contributed by atoms with E-state index < -0.39 is 4.92 Å². The summed E-state index contributed by atoms with van der Waals surface area (Å²) in [4.78, 5) is 27.6. The minimum Gasteiger partial charge on any atom is -0.392 e.